The molecule has 2 heterocycles. The first-order chi connectivity index (χ1) is 15.4. The fraction of sp³-hybridized carbons (Fsp3) is 0.407. The molecule has 0 radical (unpaired) electrons. The molecular weight excluding hydrogens is 394 g/mol. The molecule has 0 saturated carbocycles. The van der Waals surface area contributed by atoms with Crippen molar-refractivity contribution in [1.29, 1.82) is 5.26 Å². The molecule has 168 valence electrons. The number of pyridine rings is 1. The standard InChI is InChI=1S/C27H35N5/c1-8-30(9-2)25-20(6)24(29-27(21(25)7)31(10-3)11-4)26-22(18-28)17-19(5)32(26)23-15-13-12-14-16-23/h12-17H,8-11H2,1-7H3. The minimum Gasteiger partial charge on any atom is -0.371 e. The lowest BCUT2D eigenvalue weighted by Gasteiger charge is -2.31. The second kappa shape index (κ2) is 9.91. The zero-order chi connectivity index (χ0) is 23.4. The van der Waals surface area contributed by atoms with Crippen LogP contribution in [0.3, 0.4) is 0 Å². The van der Waals surface area contributed by atoms with E-state index in [1.54, 1.807) is 0 Å². The Kier molecular flexibility index (Phi) is 7.25. The zero-order valence-corrected chi connectivity index (χ0v) is 20.5. The van der Waals surface area contributed by atoms with Gasteiger partial charge in [0, 0.05) is 54.4 Å². The molecule has 5 nitrogen and oxygen atoms in total. The molecule has 0 unspecified atom stereocenters. The van der Waals surface area contributed by atoms with Gasteiger partial charge in [0.05, 0.1) is 17.0 Å². The highest BCUT2D eigenvalue weighted by Crippen LogP contribution is 2.40. The second-order valence-corrected chi connectivity index (χ2v) is 8.06. The van der Waals surface area contributed by atoms with Gasteiger partial charge in [0.15, 0.2) is 0 Å². The second-order valence-electron chi connectivity index (χ2n) is 8.06. The number of rotatable bonds is 8. The Labute approximate surface area is 192 Å². The quantitative estimate of drug-likeness (QED) is 0.439. The Morgan fingerprint density at radius 1 is 0.875 bits per heavy atom. The van der Waals surface area contributed by atoms with E-state index in [2.05, 4.69) is 81.0 Å². The third kappa shape index (κ3) is 3.98. The van der Waals surface area contributed by atoms with Gasteiger partial charge >= 0.3 is 0 Å². The first kappa shape index (κ1) is 23.4. The van der Waals surface area contributed by atoms with E-state index in [4.69, 9.17) is 4.98 Å². The molecule has 0 amide bonds. The van der Waals surface area contributed by atoms with Crippen LogP contribution in [-0.4, -0.2) is 35.7 Å². The van der Waals surface area contributed by atoms with Crippen LogP contribution in [-0.2, 0) is 0 Å². The maximum Gasteiger partial charge on any atom is 0.134 e. The van der Waals surface area contributed by atoms with Crippen LogP contribution >= 0.6 is 0 Å². The molecule has 0 fully saturated rings. The molecule has 0 bridgehead atoms. The molecule has 0 spiro atoms. The molecule has 0 saturated heterocycles. The van der Waals surface area contributed by atoms with Crippen molar-refractivity contribution in [2.45, 2.75) is 48.5 Å². The molecule has 2 aromatic heterocycles. The van der Waals surface area contributed by atoms with Crippen LogP contribution in [0.15, 0.2) is 36.4 Å². The molecule has 3 rings (SSSR count). The van der Waals surface area contributed by atoms with Gasteiger partial charge in [-0.3, -0.25) is 0 Å². The number of hydrogen-bond acceptors (Lipinski definition) is 4. The van der Waals surface area contributed by atoms with Crippen LogP contribution in [0.1, 0.15) is 50.1 Å². The SMILES string of the molecule is CCN(CC)c1nc(-c2c(C#N)cc(C)n2-c2ccccc2)c(C)c(N(CC)CC)c1C. The van der Waals surface area contributed by atoms with Crippen molar-refractivity contribution in [3.63, 3.8) is 0 Å². The van der Waals surface area contributed by atoms with Crippen LogP contribution in [0.25, 0.3) is 17.1 Å². The summed E-state index contributed by atoms with van der Waals surface area (Å²) in [6, 6.07) is 14.6. The predicted molar refractivity (Wildman–Crippen MR) is 135 cm³/mol. The van der Waals surface area contributed by atoms with Gasteiger partial charge in [0.2, 0.25) is 0 Å². The van der Waals surface area contributed by atoms with Crippen LogP contribution < -0.4 is 9.80 Å². The van der Waals surface area contributed by atoms with E-state index in [0.717, 1.165) is 60.3 Å². The number of nitrogens with zero attached hydrogens (tertiary/aromatic N) is 5. The molecule has 3 aromatic rings. The number of benzene rings is 1. The first-order valence-corrected chi connectivity index (χ1v) is 11.6. The summed E-state index contributed by atoms with van der Waals surface area (Å²) in [7, 11) is 0. The van der Waals surface area contributed by atoms with E-state index < -0.39 is 0 Å². The largest absolute Gasteiger partial charge is 0.371 e. The number of anilines is 2. The number of hydrogen-bond donors (Lipinski definition) is 0. The summed E-state index contributed by atoms with van der Waals surface area (Å²) < 4.78 is 2.17. The smallest absolute Gasteiger partial charge is 0.134 e. The Hall–Kier alpha value is -3.26. The summed E-state index contributed by atoms with van der Waals surface area (Å²) in [6.07, 6.45) is 0. The van der Waals surface area contributed by atoms with Crippen LogP contribution in [0, 0.1) is 32.1 Å². The van der Waals surface area contributed by atoms with Crippen molar-refractivity contribution < 1.29 is 0 Å². The van der Waals surface area contributed by atoms with Gasteiger partial charge in [-0.2, -0.15) is 5.26 Å². The molecule has 0 aliphatic heterocycles. The van der Waals surface area contributed by atoms with E-state index in [1.165, 1.54) is 11.3 Å². The highest BCUT2D eigenvalue weighted by molar-refractivity contribution is 5.80. The Morgan fingerprint density at radius 2 is 1.47 bits per heavy atom. The average molecular weight is 430 g/mol. The van der Waals surface area contributed by atoms with Gasteiger partial charge in [-0.25, -0.2) is 4.98 Å². The van der Waals surface area contributed by atoms with E-state index in [9.17, 15) is 5.26 Å². The normalized spacial score (nSPS) is 10.8. The Bertz CT molecular complexity index is 1110. The topological polar surface area (TPSA) is 48.1 Å². The van der Waals surface area contributed by atoms with Crippen molar-refractivity contribution in [2.24, 2.45) is 0 Å². The molecule has 32 heavy (non-hydrogen) atoms. The number of aromatic nitrogens is 2. The number of para-hydroxylation sites is 1. The summed E-state index contributed by atoms with van der Waals surface area (Å²) in [5.74, 6) is 1.000. The Morgan fingerprint density at radius 3 is 2.00 bits per heavy atom. The maximum absolute atomic E-state index is 10.0. The summed E-state index contributed by atoms with van der Waals surface area (Å²) in [5.41, 5.74) is 8.02. The van der Waals surface area contributed by atoms with Gasteiger partial charge in [0.1, 0.15) is 11.9 Å². The predicted octanol–water partition coefficient (Wildman–Crippen LogP) is 6.03. The maximum atomic E-state index is 10.0. The van der Waals surface area contributed by atoms with Gasteiger partial charge in [-0.1, -0.05) is 18.2 Å². The van der Waals surface area contributed by atoms with E-state index in [-0.39, 0.29) is 0 Å². The summed E-state index contributed by atoms with van der Waals surface area (Å²) in [5, 5.41) is 10.0. The minimum atomic E-state index is 0.654. The van der Waals surface area contributed by atoms with Crippen molar-refractivity contribution in [2.75, 3.05) is 36.0 Å². The molecule has 0 N–H and O–H groups in total. The highest BCUT2D eigenvalue weighted by atomic mass is 15.2. The van der Waals surface area contributed by atoms with E-state index in [0.29, 0.717) is 5.56 Å². The van der Waals surface area contributed by atoms with E-state index >= 15 is 0 Å². The van der Waals surface area contributed by atoms with Crippen molar-refractivity contribution in [3.05, 3.63) is 58.8 Å². The van der Waals surface area contributed by atoms with Gasteiger partial charge in [0.25, 0.3) is 0 Å². The molecule has 5 heteroatoms. The molecule has 0 atom stereocenters. The van der Waals surface area contributed by atoms with Gasteiger partial charge in [-0.15, -0.1) is 0 Å². The third-order valence-corrected chi connectivity index (χ3v) is 6.31. The van der Waals surface area contributed by atoms with Gasteiger partial charge in [-0.05, 0) is 66.7 Å². The summed E-state index contributed by atoms with van der Waals surface area (Å²) in [4.78, 5) is 9.94. The molecular formula is C27H35N5. The average Bonchev–Trinajstić information content (AvgIpc) is 3.15. The van der Waals surface area contributed by atoms with Crippen LogP contribution in [0.5, 0.6) is 0 Å². The molecule has 0 aliphatic rings. The lowest BCUT2D eigenvalue weighted by molar-refractivity contribution is 0.823. The lowest BCUT2D eigenvalue weighted by atomic mass is 10.0. The monoisotopic (exact) mass is 429 g/mol. The lowest BCUT2D eigenvalue weighted by Crippen LogP contribution is -2.28. The van der Waals surface area contributed by atoms with Crippen molar-refractivity contribution >= 4 is 11.5 Å². The van der Waals surface area contributed by atoms with Crippen LogP contribution in [0.2, 0.25) is 0 Å². The zero-order valence-electron chi connectivity index (χ0n) is 20.5. The summed E-state index contributed by atoms with van der Waals surface area (Å²) >= 11 is 0. The van der Waals surface area contributed by atoms with Gasteiger partial charge < -0.3 is 14.4 Å². The van der Waals surface area contributed by atoms with E-state index in [1.807, 2.05) is 24.3 Å². The highest BCUT2D eigenvalue weighted by Gasteiger charge is 2.25. The third-order valence-electron chi connectivity index (χ3n) is 6.31. The fourth-order valence-corrected chi connectivity index (χ4v) is 4.72. The molecule has 0 aliphatic carbocycles. The van der Waals surface area contributed by atoms with Crippen LogP contribution in [0.4, 0.5) is 11.5 Å². The fourth-order valence-electron chi connectivity index (χ4n) is 4.72. The number of aryl methyl sites for hydroxylation is 1. The first-order valence-electron chi connectivity index (χ1n) is 11.6. The number of nitriles is 1. The molecule has 1 aromatic carbocycles. The summed E-state index contributed by atoms with van der Waals surface area (Å²) in [6.45, 7) is 18.7. The Balaban J connectivity index is 2.45. The van der Waals surface area contributed by atoms with Crippen molar-refractivity contribution in [3.8, 4) is 23.1 Å². The van der Waals surface area contributed by atoms with Crippen molar-refractivity contribution in [1.82, 2.24) is 9.55 Å². The minimum absolute atomic E-state index is 0.654.